The summed E-state index contributed by atoms with van der Waals surface area (Å²) in [5.74, 6) is 0. The van der Waals surface area contributed by atoms with E-state index in [1.807, 2.05) is 0 Å². The van der Waals surface area contributed by atoms with Crippen molar-refractivity contribution in [2.45, 2.75) is 33.3 Å². The summed E-state index contributed by atoms with van der Waals surface area (Å²) >= 11 is 0. The van der Waals surface area contributed by atoms with E-state index in [9.17, 15) is 0 Å². The molecule has 2 nitrogen and oxygen atoms in total. The van der Waals surface area contributed by atoms with Gasteiger partial charge >= 0.3 is 0 Å². The van der Waals surface area contributed by atoms with Crippen molar-refractivity contribution in [1.29, 1.82) is 0 Å². The first-order valence-corrected chi connectivity index (χ1v) is 3.95. The van der Waals surface area contributed by atoms with Gasteiger partial charge < -0.3 is 9.53 Å². The topological polar surface area (TPSA) is 29.5 Å². The van der Waals surface area contributed by atoms with Crippen molar-refractivity contribution in [3.63, 3.8) is 0 Å². The van der Waals surface area contributed by atoms with Crippen LogP contribution in [0.3, 0.4) is 0 Å². The Kier molecular flexibility index (Phi) is 8.26. The Hall–Kier alpha value is 0.137. The molecule has 0 saturated heterocycles. The maximum absolute atomic E-state index is 7.57. The van der Waals surface area contributed by atoms with Gasteiger partial charge in [0.25, 0.3) is 0 Å². The molecular formula is C6H18O2Si. The molecule has 0 atom stereocenters. The van der Waals surface area contributed by atoms with Gasteiger partial charge in [-0.05, 0) is 27.7 Å². The molecule has 0 aromatic carbocycles. The van der Waals surface area contributed by atoms with Crippen LogP contribution in [0.4, 0.5) is 0 Å². The molecule has 0 spiro atoms. The number of hydrogen-bond donors (Lipinski definition) is 1. The minimum absolute atomic E-state index is 0.103. The van der Waals surface area contributed by atoms with E-state index in [4.69, 9.17) is 9.53 Å². The number of hydrogen-bond acceptors (Lipinski definition) is 2. The summed E-state index contributed by atoms with van der Waals surface area (Å²) in [5.41, 5.74) is 0.103. The fourth-order valence-electron chi connectivity index (χ4n) is 0. The van der Waals surface area contributed by atoms with Crippen LogP contribution in [0, 0.1) is 0 Å². The Labute approximate surface area is 60.8 Å². The van der Waals surface area contributed by atoms with Gasteiger partial charge in [-0.1, -0.05) is 0 Å². The van der Waals surface area contributed by atoms with E-state index in [-0.39, 0.29) is 12.2 Å². The maximum atomic E-state index is 7.57. The molecule has 0 rings (SSSR count). The Morgan fingerprint density at radius 2 is 1.56 bits per heavy atom. The van der Waals surface area contributed by atoms with E-state index >= 15 is 0 Å². The molecule has 0 bridgehead atoms. The van der Waals surface area contributed by atoms with Gasteiger partial charge in [0.1, 0.15) is 10.5 Å². The Morgan fingerprint density at radius 3 is 1.56 bits per heavy atom. The van der Waals surface area contributed by atoms with Gasteiger partial charge in [-0.15, -0.1) is 0 Å². The van der Waals surface area contributed by atoms with E-state index in [1.165, 1.54) is 0 Å². The second kappa shape index (κ2) is 6.26. The molecule has 9 heavy (non-hydrogen) atoms. The minimum atomic E-state index is 0.103. The third-order valence-electron chi connectivity index (χ3n) is 0.612. The van der Waals surface area contributed by atoms with Gasteiger partial charge in [0, 0.05) is 12.2 Å². The predicted octanol–water partition coefficient (Wildman–Crippen LogP) is 0.0805. The van der Waals surface area contributed by atoms with Crippen LogP contribution in [0.2, 0.25) is 0 Å². The SMILES string of the molecule is CC(C)(C)O[SiH3].CCO. The van der Waals surface area contributed by atoms with Crippen molar-refractivity contribution in [3.05, 3.63) is 0 Å². The summed E-state index contributed by atoms with van der Waals surface area (Å²) < 4.78 is 5.08. The molecule has 0 saturated carbocycles. The lowest BCUT2D eigenvalue weighted by Crippen LogP contribution is -2.16. The molecule has 58 valence electrons. The van der Waals surface area contributed by atoms with Crippen molar-refractivity contribution >= 4 is 10.5 Å². The molecule has 0 unspecified atom stereocenters. The molecule has 0 heterocycles. The average molecular weight is 150 g/mol. The van der Waals surface area contributed by atoms with Gasteiger partial charge in [0.2, 0.25) is 0 Å². The summed E-state index contributed by atoms with van der Waals surface area (Å²) in [7, 11) is 0.848. The van der Waals surface area contributed by atoms with Crippen molar-refractivity contribution in [3.8, 4) is 0 Å². The normalized spacial score (nSPS) is 10.3. The standard InChI is InChI=1S/C4H12OSi.C2H6O/c1-4(2,3)5-6;1-2-3/h1-3,6H3;3H,2H2,1H3. The van der Waals surface area contributed by atoms with Crippen molar-refractivity contribution in [2.75, 3.05) is 6.61 Å². The van der Waals surface area contributed by atoms with E-state index in [0.29, 0.717) is 0 Å². The lowest BCUT2D eigenvalue weighted by molar-refractivity contribution is 0.147. The molecule has 1 N–H and O–H groups in total. The fourth-order valence-corrected chi connectivity index (χ4v) is 0. The molecule has 0 aromatic heterocycles. The highest BCUT2D eigenvalue weighted by Gasteiger charge is 2.03. The number of aliphatic hydroxyl groups is 1. The molecule has 0 aliphatic heterocycles. The zero-order valence-electron chi connectivity index (χ0n) is 7.06. The third kappa shape index (κ3) is 31.1. The fraction of sp³-hybridized carbons (Fsp3) is 1.00. The van der Waals surface area contributed by atoms with Crippen molar-refractivity contribution < 1.29 is 9.53 Å². The van der Waals surface area contributed by atoms with Crippen LogP contribution in [-0.4, -0.2) is 27.8 Å². The van der Waals surface area contributed by atoms with E-state index in [1.54, 1.807) is 6.92 Å². The van der Waals surface area contributed by atoms with E-state index in [2.05, 4.69) is 20.8 Å². The lowest BCUT2D eigenvalue weighted by Gasteiger charge is -2.15. The minimum Gasteiger partial charge on any atom is -0.423 e. The number of aliphatic hydroxyl groups excluding tert-OH is 1. The Morgan fingerprint density at radius 1 is 1.44 bits per heavy atom. The Bertz CT molecular complexity index is 49.5. The first-order valence-electron chi connectivity index (χ1n) is 3.14. The lowest BCUT2D eigenvalue weighted by atomic mass is 10.2. The molecular weight excluding hydrogens is 132 g/mol. The highest BCUT2D eigenvalue weighted by atomic mass is 28.2. The largest absolute Gasteiger partial charge is 0.423 e. The summed E-state index contributed by atoms with van der Waals surface area (Å²) in [4.78, 5) is 0. The molecule has 0 fully saturated rings. The summed E-state index contributed by atoms with van der Waals surface area (Å²) in [6.45, 7) is 8.10. The van der Waals surface area contributed by atoms with Gasteiger partial charge in [-0.2, -0.15) is 0 Å². The van der Waals surface area contributed by atoms with Crippen molar-refractivity contribution in [1.82, 2.24) is 0 Å². The quantitative estimate of drug-likeness (QED) is 0.496. The molecule has 0 aliphatic rings. The van der Waals surface area contributed by atoms with Crippen LogP contribution in [-0.2, 0) is 4.43 Å². The average Bonchev–Trinajstić information content (AvgIpc) is 1.67. The van der Waals surface area contributed by atoms with Crippen LogP contribution >= 0.6 is 0 Å². The van der Waals surface area contributed by atoms with E-state index in [0.717, 1.165) is 10.5 Å². The van der Waals surface area contributed by atoms with Crippen LogP contribution in [0.5, 0.6) is 0 Å². The highest BCUT2D eigenvalue weighted by molar-refractivity contribution is 5.98. The number of rotatable bonds is 0. The van der Waals surface area contributed by atoms with Crippen LogP contribution < -0.4 is 0 Å². The second-order valence-corrected chi connectivity index (χ2v) is 3.04. The summed E-state index contributed by atoms with van der Waals surface area (Å²) in [6.07, 6.45) is 0. The third-order valence-corrected chi connectivity index (χ3v) is 1.84. The first kappa shape index (κ1) is 11.9. The zero-order chi connectivity index (χ0) is 7.91. The Balaban J connectivity index is 0. The molecule has 3 heteroatoms. The van der Waals surface area contributed by atoms with Crippen LogP contribution in [0.25, 0.3) is 0 Å². The molecule has 0 aliphatic carbocycles. The van der Waals surface area contributed by atoms with Gasteiger partial charge in [-0.25, -0.2) is 0 Å². The summed E-state index contributed by atoms with van der Waals surface area (Å²) in [5, 5.41) is 7.57. The predicted molar refractivity (Wildman–Crippen MR) is 43.5 cm³/mol. The smallest absolute Gasteiger partial charge is 0.146 e. The van der Waals surface area contributed by atoms with Crippen LogP contribution in [0.1, 0.15) is 27.7 Å². The van der Waals surface area contributed by atoms with Gasteiger partial charge in [0.05, 0.1) is 0 Å². The van der Waals surface area contributed by atoms with E-state index < -0.39 is 0 Å². The second-order valence-electron chi connectivity index (χ2n) is 2.63. The van der Waals surface area contributed by atoms with Gasteiger partial charge in [0.15, 0.2) is 0 Å². The highest BCUT2D eigenvalue weighted by Crippen LogP contribution is 2.01. The first-order chi connectivity index (χ1) is 3.97. The molecule has 0 aromatic rings. The van der Waals surface area contributed by atoms with Gasteiger partial charge in [-0.3, -0.25) is 0 Å². The molecule has 0 radical (unpaired) electrons. The zero-order valence-corrected chi connectivity index (χ0v) is 9.06. The maximum Gasteiger partial charge on any atom is 0.146 e. The molecule has 0 amide bonds. The van der Waals surface area contributed by atoms with Crippen LogP contribution in [0.15, 0.2) is 0 Å². The van der Waals surface area contributed by atoms with Crippen molar-refractivity contribution in [2.24, 2.45) is 0 Å². The monoisotopic (exact) mass is 150 g/mol. The summed E-state index contributed by atoms with van der Waals surface area (Å²) in [6, 6.07) is 0.